The molecule has 1 aromatic carbocycles. The number of hydrogen-bond donors (Lipinski definition) is 2. The van der Waals surface area contributed by atoms with E-state index in [0.29, 0.717) is 0 Å². The van der Waals surface area contributed by atoms with Gasteiger partial charge in [-0.25, -0.2) is 5.43 Å². The van der Waals surface area contributed by atoms with Gasteiger partial charge in [-0.3, -0.25) is 14.8 Å². The maximum atomic E-state index is 11.7. The quantitative estimate of drug-likeness (QED) is 0.642. The van der Waals surface area contributed by atoms with E-state index in [0.717, 1.165) is 16.6 Å². The summed E-state index contributed by atoms with van der Waals surface area (Å²) in [6.07, 6.45) is 4.79. The van der Waals surface area contributed by atoms with Gasteiger partial charge >= 0.3 is 0 Å². The van der Waals surface area contributed by atoms with Crippen molar-refractivity contribution in [1.82, 2.24) is 15.4 Å². The van der Waals surface area contributed by atoms with E-state index in [1.807, 2.05) is 32.0 Å². The molecule has 0 fully saturated rings. The molecule has 1 amide bonds. The van der Waals surface area contributed by atoms with Gasteiger partial charge in [-0.15, -0.1) is 0 Å². The molecule has 0 unspecified atom stereocenters. The third-order valence-electron chi connectivity index (χ3n) is 2.93. The number of carbonyl (C=O) groups is 1. The minimum absolute atomic E-state index is 0.0635. The van der Waals surface area contributed by atoms with Crippen molar-refractivity contribution in [2.75, 3.05) is 0 Å². The lowest BCUT2D eigenvalue weighted by Gasteiger charge is -2.12. The average Bonchev–Trinajstić information content (AvgIpc) is 2.46. The zero-order valence-electron chi connectivity index (χ0n) is 11.4. The van der Waals surface area contributed by atoms with Crippen LogP contribution >= 0.6 is 0 Å². The van der Waals surface area contributed by atoms with Crippen LogP contribution in [-0.2, 0) is 4.79 Å². The number of nitrogens with one attached hydrogen (secondary N) is 1. The first-order valence-corrected chi connectivity index (χ1v) is 6.38. The molecule has 6 heteroatoms. The molecule has 1 aromatic heterocycles. The topological polar surface area (TPSA) is 93.3 Å². The van der Waals surface area contributed by atoms with E-state index in [1.54, 1.807) is 18.6 Å². The highest BCUT2D eigenvalue weighted by atomic mass is 16.2. The maximum Gasteiger partial charge on any atom is 0.257 e. The second-order valence-electron chi connectivity index (χ2n) is 4.78. The van der Waals surface area contributed by atoms with Crippen molar-refractivity contribution in [2.24, 2.45) is 16.8 Å². The lowest BCUT2D eigenvalue weighted by molar-refractivity contribution is -0.123. The molecule has 1 atom stereocenters. The highest BCUT2D eigenvalue weighted by Gasteiger charge is 2.16. The van der Waals surface area contributed by atoms with Gasteiger partial charge in [-0.05, 0) is 12.0 Å². The Morgan fingerprint density at radius 3 is 2.85 bits per heavy atom. The number of hydrazone groups is 1. The van der Waals surface area contributed by atoms with Crippen molar-refractivity contribution in [3.05, 3.63) is 36.2 Å². The summed E-state index contributed by atoms with van der Waals surface area (Å²) < 4.78 is 0. The number of para-hydroxylation sites is 1. The Kier molecular flexibility index (Phi) is 4.37. The lowest BCUT2D eigenvalue weighted by atomic mass is 10.1. The Hall–Kier alpha value is -2.34. The normalized spacial score (nSPS) is 13.0. The summed E-state index contributed by atoms with van der Waals surface area (Å²) in [5.74, 6) is -0.240. The van der Waals surface area contributed by atoms with Crippen LogP contribution in [0.4, 0.5) is 0 Å². The summed E-state index contributed by atoms with van der Waals surface area (Å²) in [5, 5.41) is 3.92. The molecular formula is C14H17N5O. The molecule has 3 N–H and O–H groups in total. The molecular weight excluding hydrogens is 254 g/mol. The fourth-order valence-electron chi connectivity index (χ4n) is 1.66. The smallest absolute Gasteiger partial charge is 0.257 e. The van der Waals surface area contributed by atoms with Crippen LogP contribution in [0, 0.1) is 5.92 Å². The molecule has 0 radical (unpaired) electrons. The number of rotatable bonds is 4. The van der Waals surface area contributed by atoms with Crippen LogP contribution in [0.15, 0.2) is 35.7 Å². The van der Waals surface area contributed by atoms with Gasteiger partial charge in [-0.1, -0.05) is 26.0 Å². The first kappa shape index (κ1) is 14.1. The van der Waals surface area contributed by atoms with Gasteiger partial charge in [0.05, 0.1) is 23.3 Å². The molecule has 1 heterocycles. The number of carbonyl (C=O) groups excluding carboxylic acids is 1. The van der Waals surface area contributed by atoms with Crippen LogP contribution in [0.5, 0.6) is 0 Å². The van der Waals surface area contributed by atoms with Crippen molar-refractivity contribution in [1.29, 1.82) is 0 Å². The van der Waals surface area contributed by atoms with Gasteiger partial charge in [0.2, 0.25) is 0 Å². The number of benzene rings is 1. The lowest BCUT2D eigenvalue weighted by Crippen LogP contribution is -2.42. The van der Waals surface area contributed by atoms with Crippen molar-refractivity contribution in [3.63, 3.8) is 0 Å². The van der Waals surface area contributed by atoms with Gasteiger partial charge in [0.15, 0.2) is 0 Å². The first-order chi connectivity index (χ1) is 9.59. The molecule has 2 aromatic rings. The summed E-state index contributed by atoms with van der Waals surface area (Å²) in [5.41, 5.74) is 10.5. The summed E-state index contributed by atoms with van der Waals surface area (Å²) in [4.78, 5) is 20.1. The largest absolute Gasteiger partial charge is 0.320 e. The highest BCUT2D eigenvalue weighted by Crippen LogP contribution is 2.11. The van der Waals surface area contributed by atoms with Crippen molar-refractivity contribution in [3.8, 4) is 0 Å². The Morgan fingerprint density at radius 2 is 2.10 bits per heavy atom. The van der Waals surface area contributed by atoms with E-state index >= 15 is 0 Å². The van der Waals surface area contributed by atoms with Crippen LogP contribution in [0.2, 0.25) is 0 Å². The van der Waals surface area contributed by atoms with E-state index in [9.17, 15) is 4.79 Å². The molecule has 0 aliphatic heterocycles. The monoisotopic (exact) mass is 271 g/mol. The van der Waals surface area contributed by atoms with Crippen LogP contribution in [-0.4, -0.2) is 28.1 Å². The molecule has 0 saturated carbocycles. The van der Waals surface area contributed by atoms with Crippen LogP contribution in [0.1, 0.15) is 19.4 Å². The van der Waals surface area contributed by atoms with Gasteiger partial charge in [0, 0.05) is 18.0 Å². The summed E-state index contributed by atoms with van der Waals surface area (Å²) in [7, 11) is 0. The highest BCUT2D eigenvalue weighted by molar-refractivity contribution is 5.96. The molecule has 0 saturated heterocycles. The fraction of sp³-hybridized carbons (Fsp3) is 0.286. The Bertz CT molecular complexity index is 633. The summed E-state index contributed by atoms with van der Waals surface area (Å²) >= 11 is 0. The van der Waals surface area contributed by atoms with Gasteiger partial charge in [0.25, 0.3) is 5.91 Å². The summed E-state index contributed by atoms with van der Waals surface area (Å²) in [6, 6.07) is 5.02. The fourth-order valence-corrected chi connectivity index (χ4v) is 1.66. The molecule has 0 bridgehead atoms. The molecule has 20 heavy (non-hydrogen) atoms. The second kappa shape index (κ2) is 6.21. The molecule has 0 aliphatic carbocycles. The van der Waals surface area contributed by atoms with E-state index < -0.39 is 6.04 Å². The van der Waals surface area contributed by atoms with Gasteiger partial charge in [-0.2, -0.15) is 5.10 Å². The van der Waals surface area contributed by atoms with Crippen LogP contribution in [0.25, 0.3) is 11.0 Å². The number of hydrogen-bond acceptors (Lipinski definition) is 5. The number of nitrogens with two attached hydrogens (primary N) is 1. The number of amides is 1. The zero-order valence-corrected chi connectivity index (χ0v) is 11.4. The molecule has 0 aliphatic rings. The zero-order chi connectivity index (χ0) is 14.5. The Labute approximate surface area is 117 Å². The summed E-state index contributed by atoms with van der Waals surface area (Å²) in [6.45, 7) is 3.77. The van der Waals surface area contributed by atoms with Crippen molar-refractivity contribution < 1.29 is 4.79 Å². The Balaban J connectivity index is 2.13. The molecule has 104 valence electrons. The third-order valence-corrected chi connectivity index (χ3v) is 2.93. The number of aromatic nitrogens is 2. The first-order valence-electron chi connectivity index (χ1n) is 6.38. The van der Waals surface area contributed by atoms with Crippen LogP contribution < -0.4 is 11.2 Å². The average molecular weight is 271 g/mol. The minimum atomic E-state index is -0.570. The van der Waals surface area contributed by atoms with E-state index in [-0.39, 0.29) is 11.8 Å². The molecule has 0 spiro atoms. The SMILES string of the molecule is CC(C)[C@@H](N)C(=O)N/N=C\c1cccc2nccnc12. The second-order valence-corrected chi connectivity index (χ2v) is 4.78. The predicted octanol–water partition coefficient (Wildman–Crippen LogP) is 1.06. The van der Waals surface area contributed by atoms with Crippen molar-refractivity contribution >= 4 is 23.2 Å². The predicted molar refractivity (Wildman–Crippen MR) is 78.1 cm³/mol. The third kappa shape index (κ3) is 3.16. The van der Waals surface area contributed by atoms with E-state index in [2.05, 4.69) is 20.5 Å². The number of nitrogens with zero attached hydrogens (tertiary/aromatic N) is 3. The standard InChI is InChI=1S/C14H17N5O/c1-9(2)12(15)14(20)19-18-8-10-4-3-5-11-13(10)17-7-6-16-11/h3-9,12H,15H2,1-2H3,(H,19,20)/b18-8-/t12-/m1/s1. The van der Waals surface area contributed by atoms with Crippen molar-refractivity contribution in [2.45, 2.75) is 19.9 Å². The van der Waals surface area contributed by atoms with Gasteiger partial charge < -0.3 is 5.73 Å². The van der Waals surface area contributed by atoms with Crippen LogP contribution in [0.3, 0.4) is 0 Å². The van der Waals surface area contributed by atoms with Gasteiger partial charge in [0.1, 0.15) is 0 Å². The number of fused-ring (bicyclic) bond motifs is 1. The maximum absolute atomic E-state index is 11.7. The molecule has 6 nitrogen and oxygen atoms in total. The van der Waals surface area contributed by atoms with E-state index in [4.69, 9.17) is 5.73 Å². The Morgan fingerprint density at radius 1 is 1.35 bits per heavy atom. The minimum Gasteiger partial charge on any atom is -0.320 e. The molecule has 2 rings (SSSR count). The van der Waals surface area contributed by atoms with E-state index in [1.165, 1.54) is 0 Å².